The first-order chi connectivity index (χ1) is 7.77. The molecule has 16 heavy (non-hydrogen) atoms. The smallest absolute Gasteiger partial charge is 0.164 e. The predicted octanol–water partition coefficient (Wildman–Crippen LogP) is 1.56. The highest BCUT2D eigenvalue weighted by Crippen LogP contribution is 2.32. The highest BCUT2D eigenvalue weighted by atomic mass is 16.5. The standard InChI is InChI=1S/C11H14N4O/c1-3-15-11(10(16-2)7-14-15)8-6-13-5-4-9(8)12/h4-7H,3H2,1-2H3,(H2,12,13). The Balaban J connectivity index is 2.62. The van der Waals surface area contributed by atoms with Crippen molar-refractivity contribution in [2.45, 2.75) is 13.5 Å². The van der Waals surface area contributed by atoms with Gasteiger partial charge in [-0.15, -0.1) is 0 Å². The summed E-state index contributed by atoms with van der Waals surface area (Å²) in [7, 11) is 1.62. The van der Waals surface area contributed by atoms with Crippen LogP contribution in [0.3, 0.4) is 0 Å². The molecule has 0 bridgehead atoms. The monoisotopic (exact) mass is 218 g/mol. The minimum atomic E-state index is 0.670. The van der Waals surface area contributed by atoms with E-state index in [1.165, 1.54) is 0 Å². The molecule has 84 valence electrons. The third kappa shape index (κ3) is 1.60. The summed E-state index contributed by atoms with van der Waals surface area (Å²) in [6.07, 6.45) is 5.07. The third-order valence-electron chi connectivity index (χ3n) is 2.44. The number of aryl methyl sites for hydroxylation is 1. The average Bonchev–Trinajstić information content (AvgIpc) is 2.72. The number of pyridine rings is 1. The molecular weight excluding hydrogens is 204 g/mol. The van der Waals surface area contributed by atoms with Crippen molar-refractivity contribution in [2.24, 2.45) is 0 Å². The van der Waals surface area contributed by atoms with Crippen molar-refractivity contribution in [2.75, 3.05) is 12.8 Å². The Labute approximate surface area is 93.9 Å². The largest absolute Gasteiger partial charge is 0.493 e. The van der Waals surface area contributed by atoms with Gasteiger partial charge in [0.2, 0.25) is 0 Å². The van der Waals surface area contributed by atoms with E-state index in [0.29, 0.717) is 11.4 Å². The van der Waals surface area contributed by atoms with Crippen molar-refractivity contribution >= 4 is 5.69 Å². The Bertz CT molecular complexity index is 471. The van der Waals surface area contributed by atoms with E-state index in [1.807, 2.05) is 11.6 Å². The number of ether oxygens (including phenoxy) is 1. The van der Waals surface area contributed by atoms with Crippen LogP contribution in [-0.4, -0.2) is 21.9 Å². The third-order valence-corrected chi connectivity index (χ3v) is 2.44. The number of aromatic nitrogens is 3. The number of nitrogens with zero attached hydrogens (tertiary/aromatic N) is 3. The summed E-state index contributed by atoms with van der Waals surface area (Å²) in [5.74, 6) is 0.710. The van der Waals surface area contributed by atoms with Gasteiger partial charge in [-0.2, -0.15) is 5.10 Å². The second-order valence-corrected chi connectivity index (χ2v) is 3.34. The van der Waals surface area contributed by atoms with Crippen LogP contribution in [-0.2, 0) is 6.54 Å². The SMILES string of the molecule is CCn1ncc(OC)c1-c1cnccc1N. The van der Waals surface area contributed by atoms with Crippen LogP contribution >= 0.6 is 0 Å². The molecule has 0 atom stereocenters. The molecule has 0 amide bonds. The first-order valence-electron chi connectivity index (χ1n) is 5.07. The van der Waals surface area contributed by atoms with E-state index >= 15 is 0 Å². The summed E-state index contributed by atoms with van der Waals surface area (Å²) in [6, 6.07) is 1.77. The number of anilines is 1. The molecule has 0 radical (unpaired) electrons. The van der Waals surface area contributed by atoms with Gasteiger partial charge in [-0.3, -0.25) is 9.67 Å². The van der Waals surface area contributed by atoms with E-state index in [-0.39, 0.29) is 0 Å². The van der Waals surface area contributed by atoms with E-state index in [2.05, 4.69) is 10.1 Å². The molecular formula is C11H14N4O. The van der Waals surface area contributed by atoms with Crippen LogP contribution in [0.15, 0.2) is 24.7 Å². The van der Waals surface area contributed by atoms with Crippen molar-refractivity contribution in [3.8, 4) is 17.0 Å². The Morgan fingerprint density at radius 1 is 1.44 bits per heavy atom. The van der Waals surface area contributed by atoms with Crippen molar-refractivity contribution < 1.29 is 4.74 Å². The lowest BCUT2D eigenvalue weighted by Gasteiger charge is -2.09. The average molecular weight is 218 g/mol. The molecule has 5 heteroatoms. The fourth-order valence-electron chi connectivity index (χ4n) is 1.63. The van der Waals surface area contributed by atoms with Gasteiger partial charge in [0.05, 0.1) is 13.3 Å². The van der Waals surface area contributed by atoms with Crippen molar-refractivity contribution in [3.05, 3.63) is 24.7 Å². The van der Waals surface area contributed by atoms with Gasteiger partial charge in [0.15, 0.2) is 5.75 Å². The van der Waals surface area contributed by atoms with E-state index in [4.69, 9.17) is 10.5 Å². The van der Waals surface area contributed by atoms with Gasteiger partial charge in [0, 0.05) is 30.2 Å². The van der Waals surface area contributed by atoms with Gasteiger partial charge in [0.25, 0.3) is 0 Å². The fourth-order valence-corrected chi connectivity index (χ4v) is 1.63. The lowest BCUT2D eigenvalue weighted by molar-refractivity contribution is 0.416. The number of nitrogen functional groups attached to an aromatic ring is 1. The normalized spacial score (nSPS) is 10.4. The van der Waals surface area contributed by atoms with Crippen LogP contribution in [0.1, 0.15) is 6.92 Å². The second-order valence-electron chi connectivity index (χ2n) is 3.34. The summed E-state index contributed by atoms with van der Waals surface area (Å²) in [5, 5.41) is 4.23. The Morgan fingerprint density at radius 2 is 2.25 bits per heavy atom. The quantitative estimate of drug-likeness (QED) is 0.848. The molecule has 2 N–H and O–H groups in total. The van der Waals surface area contributed by atoms with E-state index < -0.39 is 0 Å². The Hall–Kier alpha value is -2.04. The van der Waals surface area contributed by atoms with Gasteiger partial charge in [-0.1, -0.05) is 0 Å². The zero-order chi connectivity index (χ0) is 11.5. The van der Waals surface area contributed by atoms with Crippen molar-refractivity contribution in [3.63, 3.8) is 0 Å². The minimum Gasteiger partial charge on any atom is -0.493 e. The summed E-state index contributed by atoms with van der Waals surface area (Å²) in [5.41, 5.74) is 8.31. The zero-order valence-corrected chi connectivity index (χ0v) is 9.34. The Morgan fingerprint density at radius 3 is 2.88 bits per heavy atom. The van der Waals surface area contributed by atoms with E-state index in [0.717, 1.165) is 17.8 Å². The maximum absolute atomic E-state index is 5.92. The van der Waals surface area contributed by atoms with Gasteiger partial charge < -0.3 is 10.5 Å². The molecule has 0 fully saturated rings. The molecule has 2 aromatic rings. The first kappa shape index (κ1) is 10.5. The van der Waals surface area contributed by atoms with Crippen molar-refractivity contribution in [1.82, 2.24) is 14.8 Å². The van der Waals surface area contributed by atoms with Crippen LogP contribution in [0.2, 0.25) is 0 Å². The first-order valence-corrected chi connectivity index (χ1v) is 5.07. The van der Waals surface area contributed by atoms with E-state index in [9.17, 15) is 0 Å². The summed E-state index contributed by atoms with van der Waals surface area (Å²) in [4.78, 5) is 4.08. The molecule has 0 aliphatic carbocycles. The molecule has 0 aliphatic rings. The number of methoxy groups -OCH3 is 1. The molecule has 0 saturated carbocycles. The molecule has 2 aromatic heterocycles. The van der Waals surface area contributed by atoms with Gasteiger partial charge in [-0.25, -0.2) is 0 Å². The number of rotatable bonds is 3. The molecule has 2 rings (SSSR count). The van der Waals surface area contributed by atoms with Crippen LogP contribution in [0, 0.1) is 0 Å². The highest BCUT2D eigenvalue weighted by Gasteiger charge is 2.14. The van der Waals surface area contributed by atoms with Gasteiger partial charge in [0.1, 0.15) is 5.69 Å². The molecule has 0 spiro atoms. The van der Waals surface area contributed by atoms with Crippen LogP contribution in [0.5, 0.6) is 5.75 Å². The van der Waals surface area contributed by atoms with Gasteiger partial charge >= 0.3 is 0 Å². The number of hydrogen-bond acceptors (Lipinski definition) is 4. The summed E-state index contributed by atoms with van der Waals surface area (Å²) in [6.45, 7) is 2.77. The van der Waals surface area contributed by atoms with Crippen LogP contribution in [0.25, 0.3) is 11.3 Å². The topological polar surface area (TPSA) is 66.0 Å². The number of nitrogens with two attached hydrogens (primary N) is 1. The maximum Gasteiger partial charge on any atom is 0.164 e. The molecule has 0 saturated heterocycles. The molecule has 0 aliphatic heterocycles. The minimum absolute atomic E-state index is 0.670. The second kappa shape index (κ2) is 4.22. The lowest BCUT2D eigenvalue weighted by Crippen LogP contribution is -2.02. The van der Waals surface area contributed by atoms with Crippen LogP contribution in [0.4, 0.5) is 5.69 Å². The zero-order valence-electron chi connectivity index (χ0n) is 9.34. The fraction of sp³-hybridized carbons (Fsp3) is 0.273. The summed E-state index contributed by atoms with van der Waals surface area (Å²) < 4.78 is 7.11. The van der Waals surface area contributed by atoms with E-state index in [1.54, 1.807) is 31.8 Å². The lowest BCUT2D eigenvalue weighted by atomic mass is 10.1. The maximum atomic E-state index is 5.92. The van der Waals surface area contributed by atoms with Gasteiger partial charge in [-0.05, 0) is 13.0 Å². The summed E-state index contributed by atoms with van der Waals surface area (Å²) >= 11 is 0. The molecule has 0 unspecified atom stereocenters. The molecule has 0 aromatic carbocycles. The predicted molar refractivity (Wildman–Crippen MR) is 62.1 cm³/mol. The highest BCUT2D eigenvalue weighted by molar-refractivity contribution is 5.76. The van der Waals surface area contributed by atoms with Crippen LogP contribution < -0.4 is 10.5 Å². The number of hydrogen-bond donors (Lipinski definition) is 1. The molecule has 2 heterocycles. The van der Waals surface area contributed by atoms with Crippen molar-refractivity contribution in [1.29, 1.82) is 0 Å². The Kier molecular flexibility index (Phi) is 2.76. The molecule has 5 nitrogen and oxygen atoms in total.